The third kappa shape index (κ3) is 3.45. The fourth-order valence-corrected chi connectivity index (χ4v) is 1.73. The second-order valence-corrected chi connectivity index (χ2v) is 4.31. The number of aromatic nitrogens is 1. The van der Waals surface area contributed by atoms with Gasteiger partial charge in [-0.3, -0.25) is 4.79 Å². The second kappa shape index (κ2) is 5.49. The minimum absolute atomic E-state index is 0.0311. The summed E-state index contributed by atoms with van der Waals surface area (Å²) in [5, 5.41) is 2.79. The monoisotopic (exact) mass is 244 g/mol. The normalized spacial score (nSPS) is 10.3. The molecule has 0 saturated carbocycles. The molecule has 0 saturated heterocycles. The Morgan fingerprint density at radius 1 is 1.39 bits per heavy atom. The van der Waals surface area contributed by atoms with Gasteiger partial charge in [-0.05, 0) is 19.4 Å². The van der Waals surface area contributed by atoms with Crippen LogP contribution in [0.1, 0.15) is 22.8 Å². The summed E-state index contributed by atoms with van der Waals surface area (Å²) in [6, 6.07) is 7.92. The largest absolute Gasteiger partial charge is 0.444 e. The van der Waals surface area contributed by atoms with Gasteiger partial charge in [-0.1, -0.05) is 29.8 Å². The van der Waals surface area contributed by atoms with Gasteiger partial charge in [0.15, 0.2) is 0 Å². The Labute approximate surface area is 106 Å². The lowest BCUT2D eigenvalue weighted by Gasteiger charge is -2.03. The number of hydrogen-bond donors (Lipinski definition) is 1. The van der Waals surface area contributed by atoms with Crippen molar-refractivity contribution in [2.45, 2.75) is 26.8 Å². The summed E-state index contributed by atoms with van der Waals surface area (Å²) in [6.45, 7) is 4.17. The molecule has 1 aromatic carbocycles. The first-order chi connectivity index (χ1) is 8.63. The lowest BCUT2D eigenvalue weighted by Crippen LogP contribution is -2.24. The van der Waals surface area contributed by atoms with Crippen molar-refractivity contribution < 1.29 is 9.21 Å². The zero-order valence-electron chi connectivity index (χ0n) is 10.6. The molecule has 1 amide bonds. The maximum absolute atomic E-state index is 11.7. The van der Waals surface area contributed by atoms with E-state index in [1.54, 1.807) is 6.20 Å². The molecular weight excluding hydrogens is 228 g/mol. The average molecular weight is 244 g/mol. The summed E-state index contributed by atoms with van der Waals surface area (Å²) in [6.07, 6.45) is 2.02. The van der Waals surface area contributed by atoms with Crippen molar-refractivity contribution in [2.24, 2.45) is 0 Å². The first kappa shape index (κ1) is 12.4. The highest BCUT2D eigenvalue weighted by atomic mass is 16.4. The number of amides is 1. The van der Waals surface area contributed by atoms with Gasteiger partial charge in [0.2, 0.25) is 11.8 Å². The molecule has 0 atom stereocenters. The second-order valence-electron chi connectivity index (χ2n) is 4.31. The van der Waals surface area contributed by atoms with E-state index in [9.17, 15) is 4.79 Å². The third-order valence-corrected chi connectivity index (χ3v) is 2.55. The highest BCUT2D eigenvalue weighted by Gasteiger charge is 2.05. The molecule has 0 aliphatic carbocycles. The van der Waals surface area contributed by atoms with Crippen molar-refractivity contribution in [3.8, 4) is 0 Å². The first-order valence-corrected chi connectivity index (χ1v) is 5.87. The van der Waals surface area contributed by atoms with Gasteiger partial charge in [0.25, 0.3) is 0 Å². The van der Waals surface area contributed by atoms with E-state index in [1.165, 1.54) is 0 Å². The summed E-state index contributed by atoms with van der Waals surface area (Å²) in [5.41, 5.74) is 2.17. The molecule has 94 valence electrons. The Morgan fingerprint density at radius 3 is 2.89 bits per heavy atom. The Bertz CT molecular complexity index is 546. The number of nitrogens with zero attached hydrogens (tertiary/aromatic N) is 1. The van der Waals surface area contributed by atoms with Crippen molar-refractivity contribution >= 4 is 5.91 Å². The van der Waals surface area contributed by atoms with Crippen molar-refractivity contribution in [1.82, 2.24) is 10.3 Å². The van der Waals surface area contributed by atoms with Gasteiger partial charge in [0.1, 0.15) is 5.76 Å². The number of hydrogen-bond acceptors (Lipinski definition) is 3. The summed E-state index contributed by atoms with van der Waals surface area (Å²) < 4.78 is 5.28. The number of aryl methyl sites for hydroxylation is 2. The number of nitrogens with one attached hydrogen (secondary N) is 1. The molecule has 1 heterocycles. The van der Waals surface area contributed by atoms with Crippen LogP contribution in [0, 0.1) is 13.8 Å². The van der Waals surface area contributed by atoms with Crippen molar-refractivity contribution in [3.05, 3.63) is 53.2 Å². The third-order valence-electron chi connectivity index (χ3n) is 2.55. The van der Waals surface area contributed by atoms with Gasteiger partial charge >= 0.3 is 0 Å². The molecule has 4 heteroatoms. The Hall–Kier alpha value is -2.10. The maximum Gasteiger partial charge on any atom is 0.224 e. The van der Waals surface area contributed by atoms with Crippen molar-refractivity contribution in [3.63, 3.8) is 0 Å². The van der Waals surface area contributed by atoms with E-state index in [0.717, 1.165) is 16.9 Å². The van der Waals surface area contributed by atoms with E-state index in [2.05, 4.69) is 10.3 Å². The van der Waals surface area contributed by atoms with Gasteiger partial charge in [-0.25, -0.2) is 4.98 Å². The molecule has 18 heavy (non-hydrogen) atoms. The van der Waals surface area contributed by atoms with E-state index < -0.39 is 0 Å². The van der Waals surface area contributed by atoms with E-state index in [-0.39, 0.29) is 5.91 Å². The van der Waals surface area contributed by atoms with Crippen LogP contribution in [0.5, 0.6) is 0 Å². The SMILES string of the molecule is Cc1cccc(CC(=O)NCc2ncc(C)o2)c1. The molecule has 2 rings (SSSR count). The minimum atomic E-state index is -0.0311. The summed E-state index contributed by atoms with van der Waals surface area (Å²) in [7, 11) is 0. The first-order valence-electron chi connectivity index (χ1n) is 5.87. The lowest BCUT2D eigenvalue weighted by atomic mass is 10.1. The lowest BCUT2D eigenvalue weighted by molar-refractivity contribution is -0.120. The minimum Gasteiger partial charge on any atom is -0.444 e. The van der Waals surface area contributed by atoms with Crippen LogP contribution in [-0.4, -0.2) is 10.9 Å². The molecule has 0 aliphatic heterocycles. The number of benzene rings is 1. The molecule has 1 N–H and O–H groups in total. The van der Waals surface area contributed by atoms with Gasteiger partial charge in [-0.2, -0.15) is 0 Å². The van der Waals surface area contributed by atoms with Crippen LogP contribution >= 0.6 is 0 Å². The Morgan fingerprint density at radius 2 is 2.22 bits per heavy atom. The van der Waals surface area contributed by atoms with Crippen LogP contribution in [0.3, 0.4) is 0 Å². The molecule has 4 nitrogen and oxygen atoms in total. The highest BCUT2D eigenvalue weighted by molar-refractivity contribution is 5.78. The van der Waals surface area contributed by atoms with Gasteiger partial charge in [-0.15, -0.1) is 0 Å². The summed E-state index contributed by atoms with van der Waals surface area (Å²) in [4.78, 5) is 15.8. The number of carbonyl (C=O) groups excluding carboxylic acids is 1. The smallest absolute Gasteiger partial charge is 0.224 e. The van der Waals surface area contributed by atoms with Crippen molar-refractivity contribution in [1.29, 1.82) is 0 Å². The van der Waals surface area contributed by atoms with E-state index in [1.807, 2.05) is 38.1 Å². The molecular formula is C14H16N2O2. The van der Waals surface area contributed by atoms with E-state index in [4.69, 9.17) is 4.42 Å². The molecule has 0 aliphatic rings. The zero-order valence-corrected chi connectivity index (χ0v) is 10.6. The molecule has 0 unspecified atom stereocenters. The standard InChI is InChI=1S/C14H16N2O2/c1-10-4-3-5-12(6-10)7-13(17)15-9-14-16-8-11(2)18-14/h3-6,8H,7,9H2,1-2H3,(H,15,17). The topological polar surface area (TPSA) is 55.1 Å². The van der Waals surface area contributed by atoms with Crippen LogP contribution < -0.4 is 5.32 Å². The van der Waals surface area contributed by atoms with Crippen LogP contribution in [0.2, 0.25) is 0 Å². The molecule has 0 fully saturated rings. The maximum atomic E-state index is 11.7. The van der Waals surface area contributed by atoms with Crippen LogP contribution in [0.15, 0.2) is 34.9 Å². The predicted molar refractivity (Wildman–Crippen MR) is 68.0 cm³/mol. The molecule has 0 bridgehead atoms. The number of oxazole rings is 1. The van der Waals surface area contributed by atoms with E-state index in [0.29, 0.717) is 18.9 Å². The Balaban J connectivity index is 1.85. The quantitative estimate of drug-likeness (QED) is 0.896. The molecule has 1 aromatic heterocycles. The van der Waals surface area contributed by atoms with Crippen LogP contribution in [-0.2, 0) is 17.8 Å². The highest BCUT2D eigenvalue weighted by Crippen LogP contribution is 2.05. The van der Waals surface area contributed by atoms with Crippen LogP contribution in [0.4, 0.5) is 0 Å². The van der Waals surface area contributed by atoms with Crippen molar-refractivity contribution in [2.75, 3.05) is 0 Å². The number of carbonyl (C=O) groups is 1. The summed E-state index contributed by atoms with van der Waals surface area (Å²) in [5.74, 6) is 1.25. The number of rotatable bonds is 4. The summed E-state index contributed by atoms with van der Waals surface area (Å²) >= 11 is 0. The molecule has 2 aromatic rings. The fourth-order valence-electron chi connectivity index (χ4n) is 1.73. The average Bonchev–Trinajstić information content (AvgIpc) is 2.73. The van der Waals surface area contributed by atoms with Gasteiger partial charge in [0, 0.05) is 0 Å². The van der Waals surface area contributed by atoms with Crippen LogP contribution in [0.25, 0.3) is 0 Å². The Kier molecular flexibility index (Phi) is 3.77. The zero-order chi connectivity index (χ0) is 13.0. The van der Waals surface area contributed by atoms with E-state index >= 15 is 0 Å². The van der Waals surface area contributed by atoms with Gasteiger partial charge < -0.3 is 9.73 Å². The predicted octanol–water partition coefficient (Wildman–Crippen LogP) is 2.15. The molecule has 0 spiro atoms. The fraction of sp³-hybridized carbons (Fsp3) is 0.286. The molecule has 0 radical (unpaired) electrons. The van der Waals surface area contributed by atoms with Gasteiger partial charge in [0.05, 0.1) is 19.2 Å².